The number of methoxy groups -OCH3 is 1. The average Bonchev–Trinajstić information content (AvgIpc) is 3.49. The van der Waals surface area contributed by atoms with Crippen LogP contribution < -0.4 is 10.1 Å². The molecule has 0 radical (unpaired) electrons. The number of ether oxygens (including phenoxy) is 1. The molecule has 0 unspecified atom stereocenters. The van der Waals surface area contributed by atoms with Crippen molar-refractivity contribution < 1.29 is 32.7 Å². The molecule has 4 aromatic rings. The SMILES string of the molecule is CCc1cc(Nc2nccn3c(-c4ccc(OC)c(F)c4F)cnc23)ccc1C(=O)ON1C(=O)CCC1=O. The van der Waals surface area contributed by atoms with Crippen molar-refractivity contribution in [1.82, 2.24) is 19.4 Å². The van der Waals surface area contributed by atoms with Gasteiger partial charge in [0.1, 0.15) is 0 Å². The average molecular weight is 521 g/mol. The number of imide groups is 1. The highest BCUT2D eigenvalue weighted by atomic mass is 19.2. The summed E-state index contributed by atoms with van der Waals surface area (Å²) in [6.45, 7) is 1.84. The van der Waals surface area contributed by atoms with Gasteiger partial charge in [0.05, 0.1) is 24.6 Å². The fraction of sp³-hybridized carbons (Fsp3) is 0.192. The zero-order valence-electron chi connectivity index (χ0n) is 20.3. The Morgan fingerprint density at radius 1 is 1.08 bits per heavy atom. The molecule has 10 nitrogen and oxygen atoms in total. The third-order valence-corrected chi connectivity index (χ3v) is 6.12. The number of carbonyl (C=O) groups excluding carboxylic acids is 3. The van der Waals surface area contributed by atoms with Crippen molar-refractivity contribution in [2.75, 3.05) is 12.4 Å². The van der Waals surface area contributed by atoms with E-state index in [1.54, 1.807) is 22.7 Å². The predicted molar refractivity (Wildman–Crippen MR) is 130 cm³/mol. The van der Waals surface area contributed by atoms with Gasteiger partial charge in [0.25, 0.3) is 11.8 Å². The van der Waals surface area contributed by atoms with Gasteiger partial charge in [0.2, 0.25) is 5.82 Å². The van der Waals surface area contributed by atoms with E-state index in [2.05, 4.69) is 15.3 Å². The minimum atomic E-state index is -1.10. The molecule has 0 spiro atoms. The monoisotopic (exact) mass is 521 g/mol. The molecule has 2 aromatic carbocycles. The Morgan fingerprint density at radius 2 is 1.84 bits per heavy atom. The Balaban J connectivity index is 1.43. The van der Waals surface area contributed by atoms with Crippen LogP contribution in [0.4, 0.5) is 20.3 Å². The molecule has 1 N–H and O–H groups in total. The van der Waals surface area contributed by atoms with Crippen LogP contribution in [0.15, 0.2) is 48.9 Å². The summed E-state index contributed by atoms with van der Waals surface area (Å²) in [6.07, 6.45) is 4.92. The lowest BCUT2D eigenvalue weighted by Crippen LogP contribution is -2.32. The minimum absolute atomic E-state index is 0.000879. The van der Waals surface area contributed by atoms with Crippen molar-refractivity contribution in [3.05, 3.63) is 71.7 Å². The Hall–Kier alpha value is -4.87. The molecule has 2 aromatic heterocycles. The Kier molecular flexibility index (Phi) is 6.45. The number of amides is 2. The Bertz CT molecular complexity index is 1590. The predicted octanol–water partition coefficient (Wildman–Crippen LogP) is 4.21. The molecule has 12 heteroatoms. The van der Waals surface area contributed by atoms with Gasteiger partial charge in [-0.05, 0) is 42.3 Å². The maximum atomic E-state index is 14.7. The second-order valence-corrected chi connectivity index (χ2v) is 8.37. The first-order valence-corrected chi connectivity index (χ1v) is 11.6. The molecular formula is C26H21F2N5O5. The number of aryl methyl sites for hydroxylation is 1. The lowest BCUT2D eigenvalue weighted by molar-refractivity contribution is -0.172. The van der Waals surface area contributed by atoms with Crippen molar-refractivity contribution in [2.24, 2.45) is 0 Å². The third-order valence-electron chi connectivity index (χ3n) is 6.12. The summed E-state index contributed by atoms with van der Waals surface area (Å²) in [5.74, 6) is -3.98. The van der Waals surface area contributed by atoms with E-state index in [4.69, 9.17) is 9.57 Å². The van der Waals surface area contributed by atoms with E-state index in [1.165, 1.54) is 37.7 Å². The number of halogens is 2. The topological polar surface area (TPSA) is 115 Å². The zero-order chi connectivity index (χ0) is 27.0. The van der Waals surface area contributed by atoms with E-state index >= 15 is 0 Å². The number of fused-ring (bicyclic) bond motifs is 1. The van der Waals surface area contributed by atoms with E-state index in [-0.39, 0.29) is 29.7 Å². The van der Waals surface area contributed by atoms with E-state index < -0.39 is 29.4 Å². The van der Waals surface area contributed by atoms with Crippen molar-refractivity contribution >= 4 is 34.9 Å². The number of carbonyl (C=O) groups is 3. The molecule has 1 aliphatic heterocycles. The highest BCUT2D eigenvalue weighted by Gasteiger charge is 2.33. The number of rotatable bonds is 7. The molecule has 5 rings (SSSR count). The largest absolute Gasteiger partial charge is 0.494 e. The van der Waals surface area contributed by atoms with Crippen LogP contribution in [0.2, 0.25) is 0 Å². The number of anilines is 2. The van der Waals surface area contributed by atoms with Crippen LogP contribution in [0.25, 0.3) is 16.9 Å². The van der Waals surface area contributed by atoms with Gasteiger partial charge in [0.15, 0.2) is 23.0 Å². The standard InChI is InChI=1S/C26H21F2N5O5/c1-3-14-12-15(4-5-16(14)26(36)38-33-20(34)8-9-21(33)35)31-24-25-30-13-18(32(25)11-10-29-24)17-6-7-19(37-2)23(28)22(17)27/h4-7,10-13H,3,8-9H2,1-2H3,(H,29,31). The molecule has 0 atom stereocenters. The second kappa shape index (κ2) is 9.88. The number of nitrogens with one attached hydrogen (secondary N) is 1. The van der Waals surface area contributed by atoms with Crippen LogP contribution in [0.5, 0.6) is 5.75 Å². The van der Waals surface area contributed by atoms with Crippen LogP contribution in [0.1, 0.15) is 35.7 Å². The molecule has 1 fully saturated rings. The van der Waals surface area contributed by atoms with Crippen LogP contribution in [-0.2, 0) is 20.8 Å². The summed E-state index contributed by atoms with van der Waals surface area (Å²) in [5, 5.41) is 3.64. The summed E-state index contributed by atoms with van der Waals surface area (Å²) in [7, 11) is 1.25. The van der Waals surface area contributed by atoms with Gasteiger partial charge < -0.3 is 14.9 Å². The van der Waals surface area contributed by atoms with Gasteiger partial charge in [-0.1, -0.05) is 6.92 Å². The quantitative estimate of drug-likeness (QED) is 0.360. The highest BCUT2D eigenvalue weighted by molar-refractivity contribution is 6.03. The van der Waals surface area contributed by atoms with Gasteiger partial charge >= 0.3 is 5.97 Å². The molecule has 1 saturated heterocycles. The van der Waals surface area contributed by atoms with Gasteiger partial charge in [-0.2, -0.15) is 4.39 Å². The number of hydrogen-bond donors (Lipinski definition) is 1. The first-order valence-electron chi connectivity index (χ1n) is 11.6. The van der Waals surface area contributed by atoms with Crippen molar-refractivity contribution in [1.29, 1.82) is 0 Å². The van der Waals surface area contributed by atoms with Crippen LogP contribution in [0.3, 0.4) is 0 Å². The van der Waals surface area contributed by atoms with E-state index in [9.17, 15) is 23.2 Å². The van der Waals surface area contributed by atoms with Crippen molar-refractivity contribution in [3.8, 4) is 17.0 Å². The molecule has 3 heterocycles. The maximum Gasteiger partial charge on any atom is 0.364 e. The highest BCUT2D eigenvalue weighted by Crippen LogP contribution is 2.32. The summed E-state index contributed by atoms with van der Waals surface area (Å²) < 4.78 is 35.5. The molecule has 0 bridgehead atoms. The van der Waals surface area contributed by atoms with E-state index in [1.807, 2.05) is 6.92 Å². The number of nitrogens with zero attached hydrogens (tertiary/aromatic N) is 4. The Labute approximate surface area is 214 Å². The lowest BCUT2D eigenvalue weighted by Gasteiger charge is -2.15. The number of imidazole rings is 1. The number of benzene rings is 2. The van der Waals surface area contributed by atoms with E-state index in [0.29, 0.717) is 39.9 Å². The first-order chi connectivity index (χ1) is 18.3. The fourth-order valence-corrected chi connectivity index (χ4v) is 4.18. The van der Waals surface area contributed by atoms with Crippen molar-refractivity contribution in [2.45, 2.75) is 26.2 Å². The van der Waals surface area contributed by atoms with Gasteiger partial charge in [-0.15, -0.1) is 5.06 Å². The summed E-state index contributed by atoms with van der Waals surface area (Å²) in [4.78, 5) is 49.9. The van der Waals surface area contributed by atoms with Crippen LogP contribution >= 0.6 is 0 Å². The summed E-state index contributed by atoms with van der Waals surface area (Å²) in [6, 6.07) is 7.57. The third kappa shape index (κ3) is 4.29. The van der Waals surface area contributed by atoms with E-state index in [0.717, 1.165) is 0 Å². The Morgan fingerprint density at radius 3 is 2.55 bits per heavy atom. The molecular weight excluding hydrogens is 500 g/mol. The molecule has 38 heavy (non-hydrogen) atoms. The molecule has 2 amide bonds. The molecule has 0 saturated carbocycles. The summed E-state index contributed by atoms with van der Waals surface area (Å²) in [5.41, 5.74) is 2.04. The smallest absolute Gasteiger partial charge is 0.364 e. The second-order valence-electron chi connectivity index (χ2n) is 8.37. The number of hydrogen-bond acceptors (Lipinski definition) is 8. The normalized spacial score (nSPS) is 13.3. The lowest BCUT2D eigenvalue weighted by atomic mass is 10.0. The van der Waals surface area contributed by atoms with Crippen LogP contribution in [-0.4, -0.2) is 44.3 Å². The van der Waals surface area contributed by atoms with Crippen LogP contribution in [0, 0.1) is 11.6 Å². The first kappa shape index (κ1) is 24.8. The van der Waals surface area contributed by atoms with Crippen molar-refractivity contribution in [3.63, 3.8) is 0 Å². The molecule has 1 aliphatic rings. The van der Waals surface area contributed by atoms with Gasteiger partial charge in [-0.25, -0.2) is 19.2 Å². The maximum absolute atomic E-state index is 14.7. The molecule has 194 valence electrons. The van der Waals surface area contributed by atoms with Gasteiger partial charge in [-0.3, -0.25) is 14.0 Å². The number of aromatic nitrogens is 3. The number of hydroxylamine groups is 2. The molecule has 0 aliphatic carbocycles. The fourth-order valence-electron chi connectivity index (χ4n) is 4.18. The summed E-state index contributed by atoms with van der Waals surface area (Å²) >= 11 is 0. The van der Waals surface area contributed by atoms with Gasteiger partial charge in [0, 0.05) is 36.5 Å². The zero-order valence-corrected chi connectivity index (χ0v) is 20.3. The minimum Gasteiger partial charge on any atom is -0.494 e.